The van der Waals surface area contributed by atoms with Crippen LogP contribution in [0, 0.1) is 5.92 Å². The van der Waals surface area contributed by atoms with Crippen molar-refractivity contribution in [2.45, 2.75) is 39.7 Å². The van der Waals surface area contributed by atoms with Crippen LogP contribution in [0.3, 0.4) is 0 Å². The molecule has 0 saturated heterocycles. The van der Waals surface area contributed by atoms with Crippen molar-refractivity contribution in [3.63, 3.8) is 0 Å². The molecule has 1 unspecified atom stereocenters. The Morgan fingerprint density at radius 1 is 1.44 bits per heavy atom. The van der Waals surface area contributed by atoms with E-state index >= 15 is 0 Å². The molecule has 0 rings (SSSR count). The van der Waals surface area contributed by atoms with Crippen molar-refractivity contribution in [2.24, 2.45) is 5.92 Å². The maximum absolute atomic E-state index is 11.6. The number of ether oxygens (including phenoxy) is 2. The summed E-state index contributed by atoms with van der Waals surface area (Å²) in [7, 11) is 1.41. The van der Waals surface area contributed by atoms with Crippen molar-refractivity contribution < 1.29 is 14.3 Å². The maximum Gasteiger partial charge on any atom is 0.325 e. The Morgan fingerprint density at radius 2 is 2.06 bits per heavy atom. The lowest BCUT2D eigenvalue weighted by molar-refractivity contribution is -0.148. The first-order valence-corrected chi connectivity index (χ1v) is 5.87. The van der Waals surface area contributed by atoms with Crippen molar-refractivity contribution >= 4 is 5.97 Å². The molecule has 0 amide bonds. The molecule has 0 spiro atoms. The van der Waals surface area contributed by atoms with Crippen LogP contribution in [-0.4, -0.2) is 38.4 Å². The van der Waals surface area contributed by atoms with Crippen molar-refractivity contribution in [3.8, 4) is 0 Å². The van der Waals surface area contributed by atoms with Crippen molar-refractivity contribution in [3.05, 3.63) is 0 Å². The SMILES string of the molecule is CCNC(C)(CCOCC(C)C)C(=O)OC. The summed E-state index contributed by atoms with van der Waals surface area (Å²) in [4.78, 5) is 11.6. The number of hydrogen-bond donors (Lipinski definition) is 1. The number of carbonyl (C=O) groups excluding carboxylic acids is 1. The molecule has 0 aliphatic rings. The Balaban J connectivity index is 4.07. The summed E-state index contributed by atoms with van der Waals surface area (Å²) >= 11 is 0. The molecule has 0 bridgehead atoms. The Hall–Kier alpha value is -0.610. The molecule has 96 valence electrons. The second-order valence-corrected chi connectivity index (χ2v) is 4.57. The molecule has 0 aromatic heterocycles. The third kappa shape index (κ3) is 5.47. The van der Waals surface area contributed by atoms with Crippen molar-refractivity contribution in [2.75, 3.05) is 26.9 Å². The van der Waals surface area contributed by atoms with Gasteiger partial charge in [-0.1, -0.05) is 20.8 Å². The quantitative estimate of drug-likeness (QED) is 0.509. The number of methoxy groups -OCH3 is 1. The van der Waals surface area contributed by atoms with Gasteiger partial charge >= 0.3 is 5.97 Å². The predicted molar refractivity (Wildman–Crippen MR) is 64.4 cm³/mol. The molecule has 0 radical (unpaired) electrons. The molecule has 0 aromatic rings. The van der Waals surface area contributed by atoms with Crippen LogP contribution in [-0.2, 0) is 14.3 Å². The van der Waals surface area contributed by atoms with E-state index in [4.69, 9.17) is 9.47 Å². The Bertz CT molecular complexity index is 206. The standard InChI is InChI=1S/C12H25NO3/c1-6-13-12(4,11(14)15-5)7-8-16-9-10(2)3/h10,13H,6-9H2,1-5H3. The zero-order valence-corrected chi connectivity index (χ0v) is 11.1. The molecule has 4 heteroatoms. The molecule has 1 atom stereocenters. The van der Waals surface area contributed by atoms with Gasteiger partial charge in [-0.2, -0.15) is 0 Å². The zero-order chi connectivity index (χ0) is 12.6. The fourth-order valence-electron chi connectivity index (χ4n) is 1.47. The summed E-state index contributed by atoms with van der Waals surface area (Å²) in [6.07, 6.45) is 0.625. The first kappa shape index (κ1) is 15.4. The molecule has 0 saturated carbocycles. The summed E-state index contributed by atoms with van der Waals surface area (Å²) in [5.41, 5.74) is -0.638. The van der Waals surface area contributed by atoms with Crippen molar-refractivity contribution in [1.82, 2.24) is 5.32 Å². The maximum atomic E-state index is 11.6. The molecule has 0 aliphatic heterocycles. The summed E-state index contributed by atoms with van der Waals surface area (Å²) in [5, 5.41) is 3.14. The number of rotatable bonds is 8. The predicted octanol–water partition coefficient (Wildman–Crippen LogP) is 1.59. The van der Waals surface area contributed by atoms with Gasteiger partial charge in [0, 0.05) is 13.2 Å². The highest BCUT2D eigenvalue weighted by molar-refractivity contribution is 5.80. The van der Waals surface area contributed by atoms with Crippen LogP contribution in [0.1, 0.15) is 34.1 Å². The van der Waals surface area contributed by atoms with Gasteiger partial charge in [-0.25, -0.2) is 0 Å². The highest BCUT2D eigenvalue weighted by atomic mass is 16.5. The van der Waals surface area contributed by atoms with Crippen molar-refractivity contribution in [1.29, 1.82) is 0 Å². The molecule has 0 fully saturated rings. The number of hydrogen-bond acceptors (Lipinski definition) is 4. The monoisotopic (exact) mass is 231 g/mol. The fourth-order valence-corrected chi connectivity index (χ4v) is 1.47. The molecule has 4 nitrogen and oxygen atoms in total. The van der Waals surface area contributed by atoms with Crippen LogP contribution >= 0.6 is 0 Å². The average molecular weight is 231 g/mol. The van der Waals surface area contributed by atoms with Gasteiger partial charge in [0.1, 0.15) is 5.54 Å². The van der Waals surface area contributed by atoms with Gasteiger partial charge in [0.05, 0.1) is 7.11 Å². The van der Waals surface area contributed by atoms with Gasteiger partial charge in [0.25, 0.3) is 0 Å². The normalized spacial score (nSPS) is 14.9. The highest BCUT2D eigenvalue weighted by Gasteiger charge is 2.32. The zero-order valence-electron chi connectivity index (χ0n) is 11.1. The van der Waals surface area contributed by atoms with E-state index < -0.39 is 5.54 Å². The fraction of sp³-hybridized carbons (Fsp3) is 0.917. The second-order valence-electron chi connectivity index (χ2n) is 4.57. The minimum atomic E-state index is -0.638. The molecule has 0 heterocycles. The van der Waals surface area contributed by atoms with Crippen LogP contribution < -0.4 is 5.32 Å². The molecule has 0 aromatic carbocycles. The number of likely N-dealkylation sites (N-methyl/N-ethyl adjacent to an activating group) is 1. The van der Waals surface area contributed by atoms with E-state index in [9.17, 15) is 4.79 Å². The smallest absolute Gasteiger partial charge is 0.325 e. The number of carbonyl (C=O) groups is 1. The van der Waals surface area contributed by atoms with Crippen LogP contribution in [0.5, 0.6) is 0 Å². The second kappa shape index (κ2) is 7.63. The summed E-state index contributed by atoms with van der Waals surface area (Å²) < 4.78 is 10.3. The minimum absolute atomic E-state index is 0.234. The number of nitrogens with one attached hydrogen (secondary N) is 1. The van der Waals surface area contributed by atoms with Gasteiger partial charge in [-0.15, -0.1) is 0 Å². The molecular weight excluding hydrogens is 206 g/mol. The van der Waals surface area contributed by atoms with Gasteiger partial charge in [-0.05, 0) is 25.8 Å². The molecule has 16 heavy (non-hydrogen) atoms. The van der Waals surface area contributed by atoms with Crippen LogP contribution in [0.4, 0.5) is 0 Å². The highest BCUT2D eigenvalue weighted by Crippen LogP contribution is 2.12. The Kier molecular flexibility index (Phi) is 7.34. The summed E-state index contributed by atoms with van der Waals surface area (Å²) in [5.74, 6) is 0.283. The van der Waals surface area contributed by atoms with Crippen LogP contribution in [0.15, 0.2) is 0 Å². The first-order valence-electron chi connectivity index (χ1n) is 5.87. The average Bonchev–Trinajstić information content (AvgIpc) is 2.23. The van der Waals surface area contributed by atoms with Gasteiger partial charge < -0.3 is 14.8 Å². The van der Waals surface area contributed by atoms with Gasteiger partial charge in [0.2, 0.25) is 0 Å². The minimum Gasteiger partial charge on any atom is -0.468 e. The van der Waals surface area contributed by atoms with E-state index in [0.29, 0.717) is 18.9 Å². The molecule has 1 N–H and O–H groups in total. The lowest BCUT2D eigenvalue weighted by atomic mass is 9.98. The Morgan fingerprint density at radius 3 is 2.50 bits per heavy atom. The largest absolute Gasteiger partial charge is 0.468 e. The van der Waals surface area contributed by atoms with Gasteiger partial charge in [-0.3, -0.25) is 4.79 Å². The van der Waals surface area contributed by atoms with Crippen LogP contribution in [0.25, 0.3) is 0 Å². The third-order valence-corrected chi connectivity index (χ3v) is 2.40. The molecule has 0 aliphatic carbocycles. The molecular formula is C12H25NO3. The number of esters is 1. The summed E-state index contributed by atoms with van der Waals surface area (Å²) in [6.45, 7) is 10.0. The lowest BCUT2D eigenvalue weighted by Gasteiger charge is -2.27. The van der Waals surface area contributed by atoms with Crippen LogP contribution in [0.2, 0.25) is 0 Å². The summed E-state index contributed by atoms with van der Waals surface area (Å²) in [6, 6.07) is 0. The van der Waals surface area contributed by atoms with E-state index in [1.165, 1.54) is 7.11 Å². The lowest BCUT2D eigenvalue weighted by Crippen LogP contribution is -2.50. The van der Waals surface area contributed by atoms with E-state index in [0.717, 1.165) is 13.2 Å². The topological polar surface area (TPSA) is 47.6 Å². The van der Waals surface area contributed by atoms with E-state index in [2.05, 4.69) is 19.2 Å². The van der Waals surface area contributed by atoms with E-state index in [1.807, 2.05) is 13.8 Å². The van der Waals surface area contributed by atoms with E-state index in [-0.39, 0.29) is 5.97 Å². The van der Waals surface area contributed by atoms with Gasteiger partial charge in [0.15, 0.2) is 0 Å². The Labute approximate surface area is 98.7 Å². The first-order chi connectivity index (χ1) is 7.46. The third-order valence-electron chi connectivity index (χ3n) is 2.40. The van der Waals surface area contributed by atoms with E-state index in [1.54, 1.807) is 0 Å².